The van der Waals surface area contributed by atoms with Crippen LogP contribution < -0.4 is 15.4 Å². The van der Waals surface area contributed by atoms with Gasteiger partial charge in [0.05, 0.1) is 34.6 Å². The van der Waals surface area contributed by atoms with Crippen molar-refractivity contribution in [1.82, 2.24) is 9.62 Å². The van der Waals surface area contributed by atoms with Gasteiger partial charge in [-0.1, -0.05) is 35.3 Å². The van der Waals surface area contributed by atoms with Crippen molar-refractivity contribution in [1.29, 1.82) is 0 Å². The lowest BCUT2D eigenvalue weighted by atomic mass is 10.2. The van der Waals surface area contributed by atoms with Crippen molar-refractivity contribution < 1.29 is 23.1 Å². The summed E-state index contributed by atoms with van der Waals surface area (Å²) in [5.41, 5.74) is 5.53. The monoisotopic (exact) mass is 538 g/mol. The lowest BCUT2D eigenvalue weighted by Crippen LogP contribution is -2.38. The van der Waals surface area contributed by atoms with Crippen molar-refractivity contribution in [2.75, 3.05) is 44.3 Å². The molecule has 0 unspecified atom stereocenters. The SMILES string of the molecule is Cl.NC(=O)N(c1ccccc1Cl)c1ccc(Cl)c(S(=O)(=O)NCCCN2CCOCC2)c1O. The van der Waals surface area contributed by atoms with Gasteiger partial charge in [-0.2, -0.15) is 0 Å². The zero-order chi connectivity index (χ0) is 23.3. The normalized spacial score (nSPS) is 14.5. The minimum absolute atomic E-state index is 0. The maximum atomic E-state index is 12.9. The Morgan fingerprint density at radius 1 is 1.12 bits per heavy atom. The molecule has 1 aliphatic rings. The smallest absolute Gasteiger partial charge is 0.324 e. The third kappa shape index (κ3) is 6.63. The Kier molecular flexibility index (Phi) is 10.0. The van der Waals surface area contributed by atoms with Gasteiger partial charge in [0.1, 0.15) is 4.90 Å². The van der Waals surface area contributed by atoms with E-state index in [4.69, 9.17) is 33.7 Å². The third-order valence-corrected chi connectivity index (χ3v) is 7.21. The molecule has 0 bridgehead atoms. The molecule has 1 fully saturated rings. The van der Waals surface area contributed by atoms with Crippen LogP contribution in [0.4, 0.5) is 16.2 Å². The molecular weight excluding hydrogens is 515 g/mol. The fourth-order valence-corrected chi connectivity index (χ4v) is 5.30. The average Bonchev–Trinajstić information content (AvgIpc) is 2.75. The van der Waals surface area contributed by atoms with Crippen molar-refractivity contribution in [3.05, 3.63) is 46.4 Å². The number of para-hydroxylation sites is 1. The van der Waals surface area contributed by atoms with E-state index in [0.29, 0.717) is 26.2 Å². The molecule has 2 amide bonds. The number of amides is 2. The van der Waals surface area contributed by atoms with E-state index >= 15 is 0 Å². The lowest BCUT2D eigenvalue weighted by molar-refractivity contribution is 0.0376. The molecule has 0 atom stereocenters. The van der Waals surface area contributed by atoms with Crippen LogP contribution in [0.5, 0.6) is 5.75 Å². The number of hydrogen-bond donors (Lipinski definition) is 3. The number of halogens is 3. The molecule has 4 N–H and O–H groups in total. The number of anilines is 2. The van der Waals surface area contributed by atoms with Gasteiger partial charge in [-0.3, -0.25) is 9.80 Å². The summed E-state index contributed by atoms with van der Waals surface area (Å²) < 4.78 is 33.6. The molecule has 2 aromatic rings. The molecule has 0 saturated carbocycles. The molecule has 13 heteroatoms. The molecule has 33 heavy (non-hydrogen) atoms. The highest BCUT2D eigenvalue weighted by Crippen LogP contribution is 2.42. The lowest BCUT2D eigenvalue weighted by Gasteiger charge is -2.26. The van der Waals surface area contributed by atoms with Crippen molar-refractivity contribution >= 4 is 63.0 Å². The van der Waals surface area contributed by atoms with E-state index in [1.165, 1.54) is 24.3 Å². The number of carbonyl (C=O) groups is 1. The number of aromatic hydroxyl groups is 1. The van der Waals surface area contributed by atoms with E-state index in [1.54, 1.807) is 12.1 Å². The number of nitrogens with zero attached hydrogens (tertiary/aromatic N) is 2. The number of phenolic OH excluding ortho intramolecular Hbond substituents is 1. The highest BCUT2D eigenvalue weighted by Gasteiger charge is 2.29. The first-order chi connectivity index (χ1) is 15.2. The predicted molar refractivity (Wildman–Crippen MR) is 131 cm³/mol. The first kappa shape index (κ1) is 27.5. The van der Waals surface area contributed by atoms with Crippen LogP contribution in [0, 0.1) is 0 Å². The van der Waals surface area contributed by atoms with E-state index in [-0.39, 0.29) is 40.4 Å². The van der Waals surface area contributed by atoms with Gasteiger partial charge in [0, 0.05) is 19.6 Å². The zero-order valence-corrected chi connectivity index (χ0v) is 20.7. The minimum atomic E-state index is -4.19. The Hall–Kier alpha value is -1.79. The number of hydrogen-bond acceptors (Lipinski definition) is 6. The second-order valence-corrected chi connectivity index (χ2v) is 9.59. The number of ether oxygens (including phenoxy) is 1. The summed E-state index contributed by atoms with van der Waals surface area (Å²) in [4.78, 5) is 14.7. The fraction of sp³-hybridized carbons (Fsp3) is 0.350. The van der Waals surface area contributed by atoms with Crippen LogP contribution in [0.3, 0.4) is 0 Å². The maximum Gasteiger partial charge on any atom is 0.324 e. The first-order valence-electron chi connectivity index (χ1n) is 9.87. The number of urea groups is 1. The van der Waals surface area contributed by atoms with Gasteiger partial charge in [-0.05, 0) is 37.2 Å². The quantitative estimate of drug-likeness (QED) is 0.442. The number of rotatable bonds is 8. The average molecular weight is 540 g/mol. The van der Waals surface area contributed by atoms with E-state index in [1.807, 2.05) is 0 Å². The minimum Gasteiger partial charge on any atom is -0.504 e. The molecule has 1 heterocycles. The fourth-order valence-electron chi connectivity index (χ4n) is 3.38. The van der Waals surface area contributed by atoms with Crippen LogP contribution in [0.1, 0.15) is 6.42 Å². The van der Waals surface area contributed by atoms with Crippen molar-refractivity contribution in [2.24, 2.45) is 5.73 Å². The molecular formula is C20H25Cl3N4O5S. The highest BCUT2D eigenvalue weighted by atomic mass is 35.5. The van der Waals surface area contributed by atoms with Crippen LogP contribution in [-0.4, -0.2) is 63.8 Å². The Bertz CT molecular complexity index is 1080. The van der Waals surface area contributed by atoms with Gasteiger partial charge in [0.25, 0.3) is 0 Å². The van der Waals surface area contributed by atoms with Gasteiger partial charge in [0.15, 0.2) is 5.75 Å². The number of nitrogens with one attached hydrogen (secondary N) is 1. The maximum absolute atomic E-state index is 12.9. The largest absolute Gasteiger partial charge is 0.504 e. The Morgan fingerprint density at radius 2 is 1.79 bits per heavy atom. The Labute approximate surface area is 208 Å². The second kappa shape index (κ2) is 12.1. The number of morpholine rings is 1. The summed E-state index contributed by atoms with van der Waals surface area (Å²) in [6.07, 6.45) is 0.560. The number of benzene rings is 2. The third-order valence-electron chi connectivity index (χ3n) is 4.93. The first-order valence-corrected chi connectivity index (χ1v) is 12.1. The Balaban J connectivity index is 0.00000385. The summed E-state index contributed by atoms with van der Waals surface area (Å²) in [7, 11) is -4.19. The number of phenols is 1. The molecule has 0 radical (unpaired) electrons. The molecule has 1 aliphatic heterocycles. The molecule has 3 rings (SSSR count). The summed E-state index contributed by atoms with van der Waals surface area (Å²) in [6, 6.07) is 7.93. The molecule has 9 nitrogen and oxygen atoms in total. The van der Waals surface area contributed by atoms with Crippen molar-refractivity contribution in [3.8, 4) is 5.75 Å². The van der Waals surface area contributed by atoms with Crippen LogP contribution in [0.15, 0.2) is 41.3 Å². The Morgan fingerprint density at radius 3 is 2.42 bits per heavy atom. The molecule has 0 aromatic heterocycles. The van der Waals surface area contributed by atoms with Crippen LogP contribution in [0.25, 0.3) is 0 Å². The number of carbonyl (C=O) groups excluding carboxylic acids is 1. The summed E-state index contributed by atoms with van der Waals surface area (Å²) >= 11 is 12.3. The molecule has 0 spiro atoms. The van der Waals surface area contributed by atoms with E-state index in [9.17, 15) is 18.3 Å². The number of sulfonamides is 1. The van der Waals surface area contributed by atoms with Crippen molar-refractivity contribution in [3.63, 3.8) is 0 Å². The summed E-state index contributed by atoms with van der Waals surface area (Å²) in [6.45, 7) is 3.75. The van der Waals surface area contributed by atoms with E-state index in [2.05, 4.69) is 9.62 Å². The molecule has 0 aliphatic carbocycles. The van der Waals surface area contributed by atoms with E-state index < -0.39 is 26.7 Å². The van der Waals surface area contributed by atoms with Gasteiger partial charge in [0.2, 0.25) is 10.0 Å². The van der Waals surface area contributed by atoms with Gasteiger partial charge in [-0.15, -0.1) is 12.4 Å². The highest BCUT2D eigenvalue weighted by molar-refractivity contribution is 7.89. The van der Waals surface area contributed by atoms with Crippen LogP contribution in [-0.2, 0) is 14.8 Å². The van der Waals surface area contributed by atoms with Crippen LogP contribution >= 0.6 is 35.6 Å². The van der Waals surface area contributed by atoms with E-state index in [0.717, 1.165) is 18.0 Å². The standard InChI is InChI=1S/C20H24Cl2N4O5S.ClH/c21-14-4-1-2-5-16(14)26(20(23)28)17-7-6-15(22)19(18(17)27)32(29,30)24-8-3-9-25-10-12-31-13-11-25;/h1-2,4-7,24,27H,3,8-13H2,(H2,23,28);1H. The number of nitrogens with two attached hydrogens (primary N) is 1. The number of primary amides is 1. The van der Waals surface area contributed by atoms with Crippen molar-refractivity contribution in [2.45, 2.75) is 11.3 Å². The topological polar surface area (TPSA) is 125 Å². The van der Waals surface area contributed by atoms with Gasteiger partial charge >= 0.3 is 6.03 Å². The summed E-state index contributed by atoms with van der Waals surface area (Å²) in [5.74, 6) is -0.711. The molecule has 182 valence electrons. The predicted octanol–water partition coefficient (Wildman–Crippen LogP) is 3.34. The van der Waals surface area contributed by atoms with Gasteiger partial charge < -0.3 is 15.6 Å². The van der Waals surface area contributed by atoms with Crippen LogP contribution in [0.2, 0.25) is 10.0 Å². The molecule has 1 saturated heterocycles. The van der Waals surface area contributed by atoms with Gasteiger partial charge in [-0.25, -0.2) is 17.9 Å². The molecule has 2 aromatic carbocycles. The zero-order valence-electron chi connectivity index (χ0n) is 17.5. The second-order valence-electron chi connectivity index (χ2n) is 7.07. The summed E-state index contributed by atoms with van der Waals surface area (Å²) in [5, 5.41) is 10.8.